The molecule has 0 bridgehead atoms. The molecule has 0 radical (unpaired) electrons. The molecular weight excluding hydrogens is 525 g/mol. The molecule has 188 valence electrons. The normalized spacial score (nSPS) is 12.6. The Morgan fingerprint density at radius 3 is 1.39 bits per heavy atom. The number of aryl methyl sites for hydroxylation is 2. The molecular formula is C23H40N4S6. The number of thiol groups is 2. The van der Waals surface area contributed by atoms with E-state index in [-0.39, 0.29) is 11.1 Å². The molecule has 0 N–H and O–H groups in total. The molecule has 2 heterocycles. The average Bonchev–Trinajstić information content (AvgIpc) is 3.20. The number of hydrogen-bond donors (Lipinski definition) is 2. The summed E-state index contributed by atoms with van der Waals surface area (Å²) < 4.78 is 10.3. The third-order valence-corrected chi connectivity index (χ3v) is 9.67. The zero-order valence-corrected chi connectivity index (χ0v) is 25.9. The highest BCUT2D eigenvalue weighted by Crippen LogP contribution is 2.29. The lowest BCUT2D eigenvalue weighted by Gasteiger charge is -2.28. The smallest absolute Gasteiger partial charge is 0.181 e. The standard InChI is InChI=1S/C23H40N4S6/c1-7-24-16-18(28)26(20(24)30)22(3,4)10-14-32-12-9-13-33-15-11-23(5,6)27-19(29)17-25(8-2)21(27)31/h16-17,28-29H,7-15H2,1-6H3. The van der Waals surface area contributed by atoms with E-state index in [4.69, 9.17) is 24.4 Å². The number of thioether (sulfide) groups is 2. The highest BCUT2D eigenvalue weighted by Gasteiger charge is 2.25. The van der Waals surface area contributed by atoms with Crippen molar-refractivity contribution in [2.45, 2.75) is 95.0 Å². The first-order valence-corrected chi connectivity index (χ1v) is 15.7. The van der Waals surface area contributed by atoms with Crippen LogP contribution >= 0.6 is 73.2 Å². The zero-order valence-electron chi connectivity index (χ0n) is 20.8. The van der Waals surface area contributed by atoms with Crippen molar-refractivity contribution in [1.29, 1.82) is 0 Å². The van der Waals surface area contributed by atoms with Crippen molar-refractivity contribution in [3.8, 4) is 0 Å². The molecule has 0 spiro atoms. The van der Waals surface area contributed by atoms with Gasteiger partial charge in [0.25, 0.3) is 0 Å². The monoisotopic (exact) mass is 564 g/mol. The van der Waals surface area contributed by atoms with Gasteiger partial charge in [0.15, 0.2) is 9.54 Å². The molecule has 0 aliphatic heterocycles. The van der Waals surface area contributed by atoms with Crippen LogP contribution in [0.15, 0.2) is 22.4 Å². The van der Waals surface area contributed by atoms with Crippen LogP contribution in [0.5, 0.6) is 0 Å². The Bertz CT molecular complexity index is 931. The van der Waals surface area contributed by atoms with Crippen molar-refractivity contribution in [2.24, 2.45) is 0 Å². The minimum atomic E-state index is -0.0221. The van der Waals surface area contributed by atoms with Crippen LogP contribution in [0, 0.1) is 9.54 Å². The summed E-state index contributed by atoms with van der Waals surface area (Å²) in [6.07, 6.45) is 7.49. The van der Waals surface area contributed by atoms with Gasteiger partial charge in [-0.2, -0.15) is 23.5 Å². The molecule has 0 fully saturated rings. The molecule has 2 rings (SSSR count). The third kappa shape index (κ3) is 7.62. The van der Waals surface area contributed by atoms with Crippen LogP contribution in [0.4, 0.5) is 0 Å². The molecule has 0 aliphatic carbocycles. The van der Waals surface area contributed by atoms with Gasteiger partial charge >= 0.3 is 0 Å². The molecule has 2 aromatic rings. The molecule has 0 saturated carbocycles. The fraction of sp³-hybridized carbons (Fsp3) is 0.739. The Kier molecular flexibility index (Phi) is 11.6. The van der Waals surface area contributed by atoms with Crippen LogP contribution in [0.25, 0.3) is 0 Å². The summed E-state index contributed by atoms with van der Waals surface area (Å²) in [7, 11) is 0. The van der Waals surface area contributed by atoms with Gasteiger partial charge in [-0.25, -0.2) is 0 Å². The summed E-state index contributed by atoms with van der Waals surface area (Å²) in [5.41, 5.74) is -0.0442. The largest absolute Gasteiger partial charge is 0.323 e. The minimum Gasteiger partial charge on any atom is -0.323 e. The lowest BCUT2D eigenvalue weighted by atomic mass is 10.0. The lowest BCUT2D eigenvalue weighted by molar-refractivity contribution is 0.318. The van der Waals surface area contributed by atoms with Gasteiger partial charge < -0.3 is 18.3 Å². The van der Waals surface area contributed by atoms with Crippen LogP contribution in [0.1, 0.15) is 60.8 Å². The van der Waals surface area contributed by atoms with Crippen LogP contribution in [-0.2, 0) is 24.2 Å². The molecule has 0 aromatic carbocycles. The summed E-state index contributed by atoms with van der Waals surface area (Å²) in [6, 6.07) is 0. The molecule has 2 aromatic heterocycles. The first-order valence-electron chi connectivity index (χ1n) is 11.6. The minimum absolute atomic E-state index is 0.0221. The van der Waals surface area contributed by atoms with E-state index in [1.54, 1.807) is 0 Å². The van der Waals surface area contributed by atoms with Crippen LogP contribution in [0.3, 0.4) is 0 Å². The van der Waals surface area contributed by atoms with E-state index in [2.05, 4.69) is 85.1 Å². The predicted octanol–water partition coefficient (Wildman–Crippen LogP) is 7.78. The maximum absolute atomic E-state index is 5.65. The summed E-state index contributed by atoms with van der Waals surface area (Å²) in [5.74, 6) is 4.67. The fourth-order valence-electron chi connectivity index (χ4n) is 3.88. The Balaban J connectivity index is 1.68. The second-order valence-corrected chi connectivity index (χ2v) is 13.6. The van der Waals surface area contributed by atoms with E-state index in [1.165, 1.54) is 17.9 Å². The molecule has 0 amide bonds. The van der Waals surface area contributed by atoms with Crippen molar-refractivity contribution in [2.75, 3.05) is 23.0 Å². The Labute approximate surface area is 230 Å². The van der Waals surface area contributed by atoms with Crippen LogP contribution in [-0.4, -0.2) is 41.3 Å². The molecule has 10 heteroatoms. The maximum atomic E-state index is 5.65. The first kappa shape index (κ1) is 29.5. The quantitative estimate of drug-likeness (QED) is 0.139. The summed E-state index contributed by atoms with van der Waals surface area (Å²) in [5, 5.41) is 1.91. The van der Waals surface area contributed by atoms with E-state index in [1.807, 2.05) is 35.9 Å². The summed E-state index contributed by atoms with van der Waals surface area (Å²) in [6.45, 7) is 15.0. The molecule has 0 aliphatic rings. The van der Waals surface area contributed by atoms with E-state index >= 15 is 0 Å². The van der Waals surface area contributed by atoms with Crippen molar-refractivity contribution in [3.63, 3.8) is 0 Å². The first-order chi connectivity index (χ1) is 15.5. The average molecular weight is 565 g/mol. The van der Waals surface area contributed by atoms with Gasteiger partial charge in [-0.1, -0.05) is 0 Å². The van der Waals surface area contributed by atoms with Gasteiger partial charge in [0.1, 0.15) is 0 Å². The van der Waals surface area contributed by atoms with E-state index in [9.17, 15) is 0 Å². The number of rotatable bonds is 14. The van der Waals surface area contributed by atoms with Crippen LogP contribution in [0.2, 0.25) is 0 Å². The van der Waals surface area contributed by atoms with Crippen LogP contribution < -0.4 is 0 Å². The molecule has 0 atom stereocenters. The van der Waals surface area contributed by atoms with Gasteiger partial charge in [0, 0.05) is 36.6 Å². The number of hydrogen-bond acceptors (Lipinski definition) is 6. The lowest BCUT2D eigenvalue weighted by Crippen LogP contribution is -2.28. The summed E-state index contributed by atoms with van der Waals surface area (Å²) >= 11 is 24.7. The predicted molar refractivity (Wildman–Crippen MR) is 160 cm³/mol. The third-order valence-electron chi connectivity index (χ3n) is 6.06. The zero-order chi connectivity index (χ0) is 24.8. The van der Waals surface area contributed by atoms with E-state index in [0.717, 1.165) is 57.0 Å². The summed E-state index contributed by atoms with van der Waals surface area (Å²) in [4.78, 5) is 0. The molecule has 0 saturated heterocycles. The molecule has 0 unspecified atom stereocenters. The van der Waals surface area contributed by atoms with Gasteiger partial charge in [-0.3, -0.25) is 0 Å². The van der Waals surface area contributed by atoms with Crippen molar-refractivity contribution >= 4 is 73.2 Å². The number of imidazole rings is 2. The highest BCUT2D eigenvalue weighted by atomic mass is 32.2. The topological polar surface area (TPSA) is 19.7 Å². The maximum Gasteiger partial charge on any atom is 0.181 e. The van der Waals surface area contributed by atoms with Gasteiger partial charge in [0.2, 0.25) is 0 Å². The van der Waals surface area contributed by atoms with E-state index in [0.29, 0.717) is 0 Å². The number of nitrogens with zero attached hydrogens (tertiary/aromatic N) is 4. The second-order valence-electron chi connectivity index (χ2n) is 9.49. The van der Waals surface area contributed by atoms with Crippen molar-refractivity contribution in [3.05, 3.63) is 21.9 Å². The fourth-order valence-corrected chi connectivity index (χ4v) is 8.66. The Morgan fingerprint density at radius 1 is 0.727 bits per heavy atom. The van der Waals surface area contributed by atoms with Gasteiger partial charge in [-0.05, 0) is 108 Å². The Hall–Kier alpha value is 0.260. The number of aromatic nitrogens is 4. The van der Waals surface area contributed by atoms with Gasteiger partial charge in [0.05, 0.1) is 10.1 Å². The Morgan fingerprint density at radius 2 is 1.09 bits per heavy atom. The molecule has 33 heavy (non-hydrogen) atoms. The SMILES string of the molecule is CCn1cc(S)n(C(C)(C)CCSCCCSCCC(C)(C)n2c(S)cn(CC)c2=S)c1=S. The van der Waals surface area contributed by atoms with Crippen molar-refractivity contribution < 1.29 is 0 Å². The molecule has 4 nitrogen and oxygen atoms in total. The highest BCUT2D eigenvalue weighted by molar-refractivity contribution is 8.00. The second kappa shape index (κ2) is 13.0. The van der Waals surface area contributed by atoms with Gasteiger partial charge in [-0.15, -0.1) is 25.3 Å². The van der Waals surface area contributed by atoms with E-state index < -0.39 is 0 Å². The van der Waals surface area contributed by atoms with Crippen molar-refractivity contribution in [1.82, 2.24) is 18.3 Å².